The van der Waals surface area contributed by atoms with Crippen LogP contribution in [-0.4, -0.2) is 32.1 Å². The molecule has 120 valence electrons. The second-order valence-electron chi connectivity index (χ2n) is 5.25. The van der Waals surface area contributed by atoms with Gasteiger partial charge in [-0.25, -0.2) is 4.98 Å². The number of carbonyl (C=O) groups is 1. The second kappa shape index (κ2) is 7.06. The highest BCUT2D eigenvalue weighted by molar-refractivity contribution is 7.13. The summed E-state index contributed by atoms with van der Waals surface area (Å²) in [5, 5.41) is 15.6. The molecular weight excluding hydrogens is 322 g/mol. The summed E-state index contributed by atoms with van der Waals surface area (Å²) in [5.41, 5.74) is 2.20. The number of nitrogens with zero attached hydrogens (tertiary/aromatic N) is 5. The highest BCUT2D eigenvalue weighted by Crippen LogP contribution is 2.23. The van der Waals surface area contributed by atoms with E-state index in [-0.39, 0.29) is 12.5 Å². The summed E-state index contributed by atoms with van der Waals surface area (Å²) in [5.74, 6) is -0.244. The molecule has 0 spiro atoms. The van der Waals surface area contributed by atoms with Crippen LogP contribution in [0.5, 0.6) is 0 Å². The number of nitriles is 1. The van der Waals surface area contributed by atoms with Crippen molar-refractivity contribution in [3.05, 3.63) is 59.4 Å². The Hall–Kier alpha value is -2.98. The minimum Gasteiger partial charge on any atom is -0.320 e. The lowest BCUT2D eigenvalue weighted by molar-refractivity contribution is 0.0760. The zero-order valence-corrected chi connectivity index (χ0v) is 13.9. The quantitative estimate of drug-likeness (QED) is 0.671. The Morgan fingerprint density at radius 2 is 2.17 bits per heavy atom. The van der Waals surface area contributed by atoms with Crippen LogP contribution in [-0.2, 0) is 13.6 Å². The average Bonchev–Trinajstić information content (AvgIpc) is 3.23. The Morgan fingerprint density at radius 3 is 2.83 bits per heavy atom. The third-order valence-corrected chi connectivity index (χ3v) is 4.33. The van der Waals surface area contributed by atoms with Crippen LogP contribution in [0.3, 0.4) is 0 Å². The van der Waals surface area contributed by atoms with E-state index in [9.17, 15) is 4.79 Å². The van der Waals surface area contributed by atoms with Gasteiger partial charge in [0.1, 0.15) is 17.2 Å². The predicted octanol–water partition coefficient (Wildman–Crippen LogP) is 2.71. The van der Waals surface area contributed by atoms with E-state index in [0.717, 1.165) is 16.1 Å². The molecular formula is C17H15N5OS. The topological polar surface area (TPSA) is 74.8 Å². The number of amides is 1. The van der Waals surface area contributed by atoms with Crippen molar-refractivity contribution in [3.8, 4) is 16.6 Å². The van der Waals surface area contributed by atoms with Crippen LogP contribution in [0.25, 0.3) is 10.6 Å². The van der Waals surface area contributed by atoms with E-state index in [4.69, 9.17) is 5.26 Å². The highest BCUT2D eigenvalue weighted by atomic mass is 32.1. The monoisotopic (exact) mass is 337 g/mol. The molecule has 0 saturated heterocycles. The number of benzene rings is 1. The fourth-order valence-corrected chi connectivity index (χ4v) is 3.06. The molecule has 3 aromatic rings. The maximum atomic E-state index is 12.7. The van der Waals surface area contributed by atoms with E-state index >= 15 is 0 Å². The van der Waals surface area contributed by atoms with Crippen LogP contribution >= 0.6 is 11.3 Å². The lowest BCUT2D eigenvalue weighted by Gasteiger charge is -2.18. The molecule has 1 amide bonds. The molecule has 1 aromatic carbocycles. The number of hydrogen-bond donors (Lipinski definition) is 0. The molecule has 6 nitrogen and oxygen atoms in total. The first-order valence-corrected chi connectivity index (χ1v) is 8.20. The maximum absolute atomic E-state index is 12.7. The molecule has 0 fully saturated rings. The first-order valence-electron chi connectivity index (χ1n) is 7.32. The zero-order chi connectivity index (χ0) is 16.9. The number of rotatable bonds is 5. The van der Waals surface area contributed by atoms with Gasteiger partial charge in [0.15, 0.2) is 0 Å². The van der Waals surface area contributed by atoms with Gasteiger partial charge < -0.3 is 4.90 Å². The summed E-state index contributed by atoms with van der Waals surface area (Å²) in [6.07, 6.45) is 3.56. The minimum atomic E-state index is -0.244. The number of thiazole rings is 1. The van der Waals surface area contributed by atoms with Gasteiger partial charge in [-0.3, -0.25) is 9.48 Å². The summed E-state index contributed by atoms with van der Waals surface area (Å²) in [6.45, 7) is 0.403. The molecule has 0 aliphatic rings. The van der Waals surface area contributed by atoms with Crippen molar-refractivity contribution >= 4 is 17.2 Å². The second-order valence-corrected chi connectivity index (χ2v) is 6.10. The molecule has 0 bridgehead atoms. The van der Waals surface area contributed by atoms with Crippen molar-refractivity contribution in [2.24, 2.45) is 7.05 Å². The van der Waals surface area contributed by atoms with Crippen molar-refractivity contribution in [2.45, 2.75) is 6.54 Å². The Kier molecular flexibility index (Phi) is 4.68. The summed E-state index contributed by atoms with van der Waals surface area (Å²) in [6, 6.07) is 11.6. The smallest absolute Gasteiger partial charge is 0.274 e. The summed E-state index contributed by atoms with van der Waals surface area (Å²) >= 11 is 1.39. The van der Waals surface area contributed by atoms with Gasteiger partial charge in [-0.1, -0.05) is 30.3 Å². The van der Waals surface area contributed by atoms with E-state index in [2.05, 4.69) is 10.1 Å². The number of carbonyl (C=O) groups excluding carboxylic acids is 1. The lowest BCUT2D eigenvalue weighted by atomic mass is 10.2. The number of hydrogen-bond acceptors (Lipinski definition) is 5. The molecule has 0 unspecified atom stereocenters. The van der Waals surface area contributed by atoms with Crippen LogP contribution in [0.4, 0.5) is 0 Å². The Morgan fingerprint density at radius 1 is 1.38 bits per heavy atom. The molecule has 7 heteroatoms. The summed E-state index contributed by atoms with van der Waals surface area (Å²) < 4.78 is 1.69. The fraction of sp³-hybridized carbons (Fsp3) is 0.176. The number of aromatic nitrogens is 3. The first kappa shape index (κ1) is 15.9. The van der Waals surface area contributed by atoms with Crippen LogP contribution in [0, 0.1) is 11.3 Å². The van der Waals surface area contributed by atoms with Crippen molar-refractivity contribution in [1.82, 2.24) is 19.7 Å². The van der Waals surface area contributed by atoms with Gasteiger partial charge in [-0.05, 0) is 5.56 Å². The molecule has 3 rings (SSSR count). The minimum absolute atomic E-state index is 0.0213. The largest absolute Gasteiger partial charge is 0.320 e. The molecule has 0 aliphatic heterocycles. The third-order valence-electron chi connectivity index (χ3n) is 3.44. The zero-order valence-electron chi connectivity index (χ0n) is 13.1. The molecule has 2 heterocycles. The lowest BCUT2D eigenvalue weighted by Crippen LogP contribution is -2.31. The van der Waals surface area contributed by atoms with Crippen LogP contribution in [0.1, 0.15) is 16.1 Å². The fourth-order valence-electron chi connectivity index (χ4n) is 2.29. The van der Waals surface area contributed by atoms with Crippen molar-refractivity contribution in [1.29, 1.82) is 5.26 Å². The SMILES string of the molecule is Cn1cc(-c2nc(C(=O)N(CC#N)Cc3ccccc3)cs2)cn1. The maximum Gasteiger partial charge on any atom is 0.274 e. The third kappa shape index (κ3) is 3.50. The van der Waals surface area contributed by atoms with Gasteiger partial charge in [-0.2, -0.15) is 10.4 Å². The van der Waals surface area contributed by atoms with Gasteiger partial charge in [0, 0.05) is 30.7 Å². The van der Waals surface area contributed by atoms with Crippen LogP contribution < -0.4 is 0 Å². The van der Waals surface area contributed by atoms with E-state index in [0.29, 0.717) is 12.2 Å². The molecule has 0 radical (unpaired) electrons. The Labute approximate surface area is 143 Å². The molecule has 0 saturated carbocycles. The van der Waals surface area contributed by atoms with E-state index < -0.39 is 0 Å². The van der Waals surface area contributed by atoms with Gasteiger partial charge in [0.05, 0.1) is 12.3 Å². The Bertz CT molecular complexity index is 878. The van der Waals surface area contributed by atoms with Crippen molar-refractivity contribution in [3.63, 3.8) is 0 Å². The van der Waals surface area contributed by atoms with Gasteiger partial charge in [-0.15, -0.1) is 11.3 Å². The molecule has 0 N–H and O–H groups in total. The van der Waals surface area contributed by atoms with Gasteiger partial charge in [0.2, 0.25) is 0 Å². The Balaban J connectivity index is 1.80. The van der Waals surface area contributed by atoms with E-state index in [1.54, 1.807) is 16.3 Å². The molecule has 24 heavy (non-hydrogen) atoms. The van der Waals surface area contributed by atoms with Crippen molar-refractivity contribution < 1.29 is 4.79 Å². The summed E-state index contributed by atoms with van der Waals surface area (Å²) in [4.78, 5) is 18.6. The predicted molar refractivity (Wildman–Crippen MR) is 91.1 cm³/mol. The standard InChI is InChI=1S/C17H15N5OS/c1-21-11-14(9-19-21)16-20-15(12-24-16)17(23)22(8-7-18)10-13-5-3-2-4-6-13/h2-6,9,11-12H,8,10H2,1H3. The first-order chi connectivity index (χ1) is 11.7. The normalized spacial score (nSPS) is 10.3. The van der Waals surface area contributed by atoms with E-state index in [1.807, 2.05) is 49.6 Å². The highest BCUT2D eigenvalue weighted by Gasteiger charge is 2.19. The van der Waals surface area contributed by atoms with Gasteiger partial charge >= 0.3 is 0 Å². The van der Waals surface area contributed by atoms with Crippen LogP contribution in [0.15, 0.2) is 48.1 Å². The van der Waals surface area contributed by atoms with Gasteiger partial charge in [0.25, 0.3) is 5.91 Å². The van der Waals surface area contributed by atoms with E-state index in [1.165, 1.54) is 16.2 Å². The number of aryl methyl sites for hydroxylation is 1. The average molecular weight is 337 g/mol. The van der Waals surface area contributed by atoms with Crippen LogP contribution in [0.2, 0.25) is 0 Å². The molecule has 0 atom stereocenters. The molecule has 2 aromatic heterocycles. The molecule has 0 aliphatic carbocycles. The van der Waals surface area contributed by atoms with Crippen molar-refractivity contribution in [2.75, 3.05) is 6.54 Å². The summed E-state index contributed by atoms with van der Waals surface area (Å²) in [7, 11) is 1.83.